The molecule has 1 saturated carbocycles. The van der Waals surface area contributed by atoms with Crippen LogP contribution >= 0.6 is 0 Å². The fourth-order valence-electron chi connectivity index (χ4n) is 2.77. The van der Waals surface area contributed by atoms with Gasteiger partial charge in [0.1, 0.15) is 17.8 Å². The number of anilines is 2. The number of fused-ring (bicyclic) bond motifs is 1. The summed E-state index contributed by atoms with van der Waals surface area (Å²) in [6.07, 6.45) is 4.26. The molecule has 2 atom stereocenters. The third kappa shape index (κ3) is 2.88. The highest BCUT2D eigenvalue weighted by Gasteiger charge is 2.43. The van der Waals surface area contributed by atoms with Crippen molar-refractivity contribution in [2.45, 2.75) is 19.5 Å². The van der Waals surface area contributed by atoms with Gasteiger partial charge in [0.05, 0.1) is 11.6 Å². The first-order valence-corrected chi connectivity index (χ1v) is 7.95. The van der Waals surface area contributed by atoms with Crippen molar-refractivity contribution in [2.75, 3.05) is 11.1 Å². The Morgan fingerprint density at radius 1 is 1.36 bits per heavy atom. The molecule has 126 valence electrons. The monoisotopic (exact) mass is 337 g/mol. The number of rotatable bonds is 3. The van der Waals surface area contributed by atoms with Crippen LogP contribution in [0.15, 0.2) is 36.8 Å². The maximum atomic E-state index is 13.0. The first kappa shape index (κ1) is 15.4. The lowest BCUT2D eigenvalue weighted by atomic mass is 10.1. The minimum absolute atomic E-state index is 0.278. The molecule has 1 amide bonds. The van der Waals surface area contributed by atoms with E-state index in [0.29, 0.717) is 22.7 Å². The van der Waals surface area contributed by atoms with Gasteiger partial charge in [0.2, 0.25) is 5.91 Å². The van der Waals surface area contributed by atoms with Crippen molar-refractivity contribution in [2.24, 2.45) is 5.92 Å². The predicted octanol–water partition coefficient (Wildman–Crippen LogP) is 2.88. The van der Waals surface area contributed by atoms with E-state index < -0.39 is 12.1 Å². The van der Waals surface area contributed by atoms with Crippen molar-refractivity contribution in [1.29, 1.82) is 0 Å². The van der Waals surface area contributed by atoms with Crippen molar-refractivity contribution >= 4 is 28.3 Å². The maximum absolute atomic E-state index is 13.0. The molecule has 6 nitrogen and oxygen atoms in total. The van der Waals surface area contributed by atoms with E-state index in [2.05, 4.69) is 20.3 Å². The number of aryl methyl sites for hydroxylation is 1. The van der Waals surface area contributed by atoms with Gasteiger partial charge in [-0.25, -0.2) is 14.4 Å². The molecule has 3 aromatic rings. The summed E-state index contributed by atoms with van der Waals surface area (Å²) in [6, 6.07) is 5.50. The molecule has 1 aliphatic carbocycles. The number of alkyl halides is 1. The van der Waals surface area contributed by atoms with Gasteiger partial charge in [0.15, 0.2) is 0 Å². The summed E-state index contributed by atoms with van der Waals surface area (Å²) in [6.45, 7) is 1.97. The van der Waals surface area contributed by atoms with Crippen LogP contribution in [0.25, 0.3) is 22.0 Å². The Kier molecular flexibility index (Phi) is 3.56. The summed E-state index contributed by atoms with van der Waals surface area (Å²) >= 11 is 0. The molecule has 0 radical (unpaired) electrons. The zero-order valence-electron chi connectivity index (χ0n) is 13.5. The van der Waals surface area contributed by atoms with Gasteiger partial charge in [0, 0.05) is 29.5 Å². The fourth-order valence-corrected chi connectivity index (χ4v) is 2.77. The van der Waals surface area contributed by atoms with Crippen molar-refractivity contribution in [1.82, 2.24) is 15.0 Å². The Labute approximate surface area is 143 Å². The van der Waals surface area contributed by atoms with Crippen LogP contribution in [-0.2, 0) is 4.79 Å². The standard InChI is InChI=1S/C18H16FN5O/c1-9-2-3-21-7-12(9)15-4-10-5-16(22-8-13(10)17(20)23-15)24-18(25)11-6-14(11)19/h2-5,7-8,11,14H,6H2,1H3,(H2,20,23)(H,22,24,25)/t11-,14-/m1/s1. The number of halogens is 1. The number of hydrogen-bond donors (Lipinski definition) is 2. The van der Waals surface area contributed by atoms with Gasteiger partial charge in [-0.2, -0.15) is 0 Å². The second-order valence-electron chi connectivity index (χ2n) is 6.22. The molecule has 0 saturated heterocycles. The normalized spacial score (nSPS) is 19.0. The predicted molar refractivity (Wildman–Crippen MR) is 93.6 cm³/mol. The fraction of sp³-hybridized carbons (Fsp3) is 0.222. The molecule has 0 unspecified atom stereocenters. The van der Waals surface area contributed by atoms with E-state index in [1.807, 2.05) is 19.1 Å². The lowest BCUT2D eigenvalue weighted by Gasteiger charge is -2.10. The third-order valence-electron chi connectivity index (χ3n) is 4.36. The number of nitrogen functional groups attached to an aromatic ring is 1. The highest BCUT2D eigenvalue weighted by Crippen LogP contribution is 2.35. The molecule has 3 heterocycles. The van der Waals surface area contributed by atoms with Gasteiger partial charge < -0.3 is 11.1 Å². The summed E-state index contributed by atoms with van der Waals surface area (Å²) in [5, 5.41) is 4.14. The molecule has 25 heavy (non-hydrogen) atoms. The number of nitrogens with one attached hydrogen (secondary N) is 1. The topological polar surface area (TPSA) is 93.8 Å². The van der Waals surface area contributed by atoms with Crippen LogP contribution in [0.5, 0.6) is 0 Å². The van der Waals surface area contributed by atoms with Crippen LogP contribution < -0.4 is 11.1 Å². The number of pyridine rings is 3. The van der Waals surface area contributed by atoms with Gasteiger partial charge in [-0.1, -0.05) is 0 Å². The quantitative estimate of drug-likeness (QED) is 0.766. The smallest absolute Gasteiger partial charge is 0.231 e. The van der Waals surface area contributed by atoms with Gasteiger partial charge in [-0.15, -0.1) is 0 Å². The molecule has 1 aliphatic rings. The summed E-state index contributed by atoms with van der Waals surface area (Å²) in [4.78, 5) is 24.6. The van der Waals surface area contributed by atoms with Gasteiger partial charge in [0.25, 0.3) is 0 Å². The van der Waals surface area contributed by atoms with Gasteiger partial charge in [-0.3, -0.25) is 9.78 Å². The Morgan fingerprint density at radius 2 is 2.16 bits per heavy atom. The minimum atomic E-state index is -1.04. The minimum Gasteiger partial charge on any atom is -0.383 e. The summed E-state index contributed by atoms with van der Waals surface area (Å²) < 4.78 is 13.0. The zero-order chi connectivity index (χ0) is 17.6. The van der Waals surface area contributed by atoms with Crippen molar-refractivity contribution in [3.05, 3.63) is 42.4 Å². The highest BCUT2D eigenvalue weighted by atomic mass is 19.1. The second-order valence-corrected chi connectivity index (χ2v) is 6.22. The van der Waals surface area contributed by atoms with Crippen LogP contribution in [-0.4, -0.2) is 27.0 Å². The van der Waals surface area contributed by atoms with E-state index >= 15 is 0 Å². The number of carbonyl (C=O) groups excluding carboxylic acids is 1. The molecule has 4 rings (SSSR count). The first-order valence-electron chi connectivity index (χ1n) is 7.95. The molecule has 7 heteroatoms. The van der Waals surface area contributed by atoms with E-state index in [0.717, 1.165) is 16.5 Å². The average Bonchev–Trinajstić information content (AvgIpc) is 3.32. The summed E-state index contributed by atoms with van der Waals surface area (Å²) in [5.74, 6) is -0.179. The lowest BCUT2D eigenvalue weighted by Crippen LogP contribution is -2.15. The van der Waals surface area contributed by atoms with Crippen LogP contribution in [0, 0.1) is 12.8 Å². The van der Waals surface area contributed by atoms with Crippen molar-refractivity contribution in [3.8, 4) is 11.3 Å². The molecule has 1 fully saturated rings. The molecule has 0 spiro atoms. The molecular formula is C18H16FN5O. The lowest BCUT2D eigenvalue weighted by molar-refractivity contribution is -0.117. The molecule has 0 aliphatic heterocycles. The molecule has 0 bridgehead atoms. The van der Waals surface area contributed by atoms with Crippen molar-refractivity contribution in [3.63, 3.8) is 0 Å². The Bertz CT molecular complexity index is 990. The van der Waals surface area contributed by atoms with E-state index in [-0.39, 0.29) is 12.3 Å². The van der Waals surface area contributed by atoms with Gasteiger partial charge in [-0.05, 0) is 42.5 Å². The largest absolute Gasteiger partial charge is 0.383 e. The SMILES string of the molecule is Cc1ccncc1-c1cc2cc(NC(=O)[C@@H]3C[C@H]3F)ncc2c(N)n1. The van der Waals surface area contributed by atoms with E-state index in [9.17, 15) is 9.18 Å². The zero-order valence-corrected chi connectivity index (χ0v) is 13.5. The molecular weight excluding hydrogens is 321 g/mol. The van der Waals surface area contributed by atoms with E-state index in [1.165, 1.54) is 0 Å². The summed E-state index contributed by atoms with van der Waals surface area (Å²) in [7, 11) is 0. The maximum Gasteiger partial charge on any atom is 0.231 e. The Hall–Kier alpha value is -3.09. The number of nitrogens with zero attached hydrogens (tertiary/aromatic N) is 3. The van der Waals surface area contributed by atoms with Crippen LogP contribution in [0.2, 0.25) is 0 Å². The highest BCUT2D eigenvalue weighted by molar-refractivity contribution is 5.98. The Morgan fingerprint density at radius 3 is 2.88 bits per heavy atom. The number of nitrogens with two attached hydrogens (primary N) is 1. The first-order chi connectivity index (χ1) is 12.0. The number of amides is 1. The third-order valence-corrected chi connectivity index (χ3v) is 4.36. The molecule has 0 aromatic carbocycles. The number of hydrogen-bond acceptors (Lipinski definition) is 5. The van der Waals surface area contributed by atoms with Gasteiger partial charge >= 0.3 is 0 Å². The molecule has 3 aromatic heterocycles. The van der Waals surface area contributed by atoms with E-state index in [1.54, 1.807) is 24.7 Å². The number of aromatic nitrogens is 3. The Balaban J connectivity index is 1.73. The average molecular weight is 337 g/mol. The van der Waals surface area contributed by atoms with Crippen LogP contribution in [0.4, 0.5) is 16.0 Å². The summed E-state index contributed by atoms with van der Waals surface area (Å²) in [5.41, 5.74) is 8.68. The molecule has 3 N–H and O–H groups in total. The van der Waals surface area contributed by atoms with Crippen LogP contribution in [0.1, 0.15) is 12.0 Å². The number of carbonyl (C=O) groups is 1. The van der Waals surface area contributed by atoms with E-state index in [4.69, 9.17) is 5.73 Å². The van der Waals surface area contributed by atoms with Crippen LogP contribution in [0.3, 0.4) is 0 Å². The van der Waals surface area contributed by atoms with Crippen molar-refractivity contribution < 1.29 is 9.18 Å². The second kappa shape index (κ2) is 5.77.